The largest absolute Gasteiger partial charge is 0.411 e. The number of carbonyl (C=O) groups is 1. The number of nitrogens with two attached hydrogens (primary N) is 1. The van der Waals surface area contributed by atoms with E-state index < -0.39 is 24.7 Å². The van der Waals surface area contributed by atoms with Crippen molar-refractivity contribution < 1.29 is 22.7 Å². The van der Waals surface area contributed by atoms with E-state index in [2.05, 4.69) is 10.1 Å². The summed E-state index contributed by atoms with van der Waals surface area (Å²) >= 11 is 0. The quantitative estimate of drug-likeness (QED) is 0.784. The lowest BCUT2D eigenvalue weighted by atomic mass is 10.1. The van der Waals surface area contributed by atoms with Crippen LogP contribution >= 0.6 is 0 Å². The van der Waals surface area contributed by atoms with Crippen LogP contribution in [0, 0.1) is 6.92 Å². The zero-order chi connectivity index (χ0) is 15.2. The minimum Gasteiger partial charge on any atom is -0.370 e. The van der Waals surface area contributed by atoms with Crippen molar-refractivity contribution in [3.05, 3.63) is 35.4 Å². The molecule has 1 aromatic carbocycles. The number of amides is 1. The Labute approximate surface area is 115 Å². The zero-order valence-electron chi connectivity index (χ0n) is 11.0. The number of hydrogen-bond donors (Lipinski definition) is 2. The Morgan fingerprint density at radius 1 is 1.35 bits per heavy atom. The molecule has 0 saturated heterocycles. The number of hydrogen-bond acceptors (Lipinski definition) is 3. The molecule has 0 radical (unpaired) electrons. The summed E-state index contributed by atoms with van der Waals surface area (Å²) in [6.07, 6.45) is -4.36. The molecule has 1 atom stereocenters. The van der Waals surface area contributed by atoms with Gasteiger partial charge in [0.15, 0.2) is 0 Å². The van der Waals surface area contributed by atoms with Crippen molar-refractivity contribution in [3.8, 4) is 0 Å². The van der Waals surface area contributed by atoms with Gasteiger partial charge in [-0.25, -0.2) is 0 Å². The molecule has 4 nitrogen and oxygen atoms in total. The molecule has 0 aromatic heterocycles. The molecule has 0 aliphatic carbocycles. The van der Waals surface area contributed by atoms with Gasteiger partial charge in [-0.3, -0.25) is 4.79 Å². The Bertz CT molecular complexity index is 432. The molecule has 1 rings (SSSR count). The first-order chi connectivity index (χ1) is 9.29. The molecule has 0 spiro atoms. The van der Waals surface area contributed by atoms with E-state index in [1.165, 1.54) is 0 Å². The normalized spacial score (nSPS) is 13.1. The molecule has 0 heterocycles. The van der Waals surface area contributed by atoms with E-state index >= 15 is 0 Å². The lowest BCUT2D eigenvalue weighted by Gasteiger charge is -2.13. The maximum atomic E-state index is 11.8. The highest BCUT2D eigenvalue weighted by Crippen LogP contribution is 2.14. The van der Waals surface area contributed by atoms with Crippen LogP contribution < -0.4 is 11.1 Å². The van der Waals surface area contributed by atoms with Crippen molar-refractivity contribution in [1.29, 1.82) is 0 Å². The van der Waals surface area contributed by atoms with E-state index in [4.69, 9.17) is 5.73 Å². The number of halogens is 3. The molecular formula is C13H17F3N2O2. The molecule has 0 aliphatic rings. The fourth-order valence-electron chi connectivity index (χ4n) is 1.47. The zero-order valence-corrected chi connectivity index (χ0v) is 11.0. The van der Waals surface area contributed by atoms with Gasteiger partial charge in [0.25, 0.3) is 0 Å². The summed E-state index contributed by atoms with van der Waals surface area (Å²) in [6, 6.07) is 6.28. The average molecular weight is 290 g/mol. The number of carbonyl (C=O) groups excluding carboxylic acids is 1. The van der Waals surface area contributed by atoms with Crippen molar-refractivity contribution in [2.45, 2.75) is 19.1 Å². The van der Waals surface area contributed by atoms with Crippen LogP contribution in [0.25, 0.3) is 0 Å². The van der Waals surface area contributed by atoms with Crippen LogP contribution in [-0.2, 0) is 9.53 Å². The van der Waals surface area contributed by atoms with Gasteiger partial charge in [-0.05, 0) is 12.5 Å². The maximum Gasteiger partial charge on any atom is 0.411 e. The van der Waals surface area contributed by atoms with Crippen LogP contribution in [0.2, 0.25) is 0 Å². The molecule has 0 aliphatic heterocycles. The van der Waals surface area contributed by atoms with Crippen molar-refractivity contribution in [1.82, 2.24) is 5.32 Å². The first kappa shape index (κ1) is 16.5. The highest BCUT2D eigenvalue weighted by Gasteiger charge is 2.27. The van der Waals surface area contributed by atoms with Gasteiger partial charge >= 0.3 is 6.18 Å². The molecular weight excluding hydrogens is 273 g/mol. The third-order valence-electron chi connectivity index (χ3n) is 2.53. The molecule has 7 heteroatoms. The SMILES string of the molecule is Cc1ccc(C(N)C(=O)NCCOCC(F)(F)F)cc1. The Morgan fingerprint density at radius 3 is 2.50 bits per heavy atom. The predicted octanol–water partition coefficient (Wildman–Crippen LogP) is 1.69. The summed E-state index contributed by atoms with van der Waals surface area (Å²) in [6.45, 7) is 0.348. The number of benzene rings is 1. The fourth-order valence-corrected chi connectivity index (χ4v) is 1.47. The molecule has 1 unspecified atom stereocenters. The van der Waals surface area contributed by atoms with Gasteiger partial charge in [-0.15, -0.1) is 0 Å². The van der Waals surface area contributed by atoms with Crippen LogP contribution in [-0.4, -0.2) is 31.8 Å². The van der Waals surface area contributed by atoms with Crippen molar-refractivity contribution in [3.63, 3.8) is 0 Å². The average Bonchev–Trinajstić information content (AvgIpc) is 2.37. The molecule has 112 valence electrons. The van der Waals surface area contributed by atoms with E-state index in [9.17, 15) is 18.0 Å². The summed E-state index contributed by atoms with van der Waals surface area (Å²) in [7, 11) is 0. The van der Waals surface area contributed by atoms with E-state index in [0.717, 1.165) is 5.56 Å². The lowest BCUT2D eigenvalue weighted by molar-refractivity contribution is -0.173. The number of alkyl halides is 3. The summed E-state index contributed by atoms with van der Waals surface area (Å²) in [4.78, 5) is 11.7. The standard InChI is InChI=1S/C13H17F3N2O2/c1-9-2-4-10(5-3-9)11(17)12(19)18-6-7-20-8-13(14,15)16/h2-5,11H,6-8,17H2,1H3,(H,18,19). The number of aryl methyl sites for hydroxylation is 1. The molecule has 1 amide bonds. The van der Waals surface area contributed by atoms with E-state index in [-0.39, 0.29) is 13.2 Å². The summed E-state index contributed by atoms with van der Waals surface area (Å²) in [5.41, 5.74) is 7.43. The Kier molecular flexibility index (Phi) is 5.97. The predicted molar refractivity (Wildman–Crippen MR) is 68.0 cm³/mol. The van der Waals surface area contributed by atoms with Gasteiger partial charge in [0.05, 0.1) is 6.61 Å². The molecule has 1 aromatic rings. The monoisotopic (exact) mass is 290 g/mol. The number of nitrogens with one attached hydrogen (secondary N) is 1. The second kappa shape index (κ2) is 7.25. The van der Waals surface area contributed by atoms with Crippen LogP contribution in [0.1, 0.15) is 17.2 Å². The first-order valence-electron chi connectivity index (χ1n) is 6.04. The molecule has 0 bridgehead atoms. The number of ether oxygens (including phenoxy) is 1. The first-order valence-corrected chi connectivity index (χ1v) is 6.04. The Morgan fingerprint density at radius 2 is 1.95 bits per heavy atom. The van der Waals surface area contributed by atoms with Crippen molar-refractivity contribution in [2.75, 3.05) is 19.8 Å². The summed E-state index contributed by atoms with van der Waals surface area (Å²) in [5, 5.41) is 2.43. The maximum absolute atomic E-state index is 11.8. The van der Waals surface area contributed by atoms with Gasteiger partial charge in [0.1, 0.15) is 12.6 Å². The summed E-state index contributed by atoms with van der Waals surface area (Å²) in [5.74, 6) is -0.454. The van der Waals surface area contributed by atoms with Crippen LogP contribution in [0.15, 0.2) is 24.3 Å². The smallest absolute Gasteiger partial charge is 0.370 e. The van der Waals surface area contributed by atoms with Gasteiger partial charge in [-0.2, -0.15) is 13.2 Å². The second-order valence-electron chi connectivity index (χ2n) is 4.35. The molecule has 20 heavy (non-hydrogen) atoms. The summed E-state index contributed by atoms with van der Waals surface area (Å²) < 4.78 is 39.7. The topological polar surface area (TPSA) is 64.4 Å². The third kappa shape index (κ3) is 6.03. The van der Waals surface area contributed by atoms with Gasteiger partial charge in [-0.1, -0.05) is 29.8 Å². The molecule has 3 N–H and O–H groups in total. The van der Waals surface area contributed by atoms with Crippen LogP contribution in [0.5, 0.6) is 0 Å². The van der Waals surface area contributed by atoms with Gasteiger partial charge in [0, 0.05) is 6.54 Å². The Balaban J connectivity index is 2.30. The second-order valence-corrected chi connectivity index (χ2v) is 4.35. The minimum absolute atomic E-state index is 0.0194. The highest BCUT2D eigenvalue weighted by molar-refractivity contribution is 5.82. The van der Waals surface area contributed by atoms with E-state index in [0.29, 0.717) is 5.56 Å². The fraction of sp³-hybridized carbons (Fsp3) is 0.462. The lowest BCUT2D eigenvalue weighted by Crippen LogP contribution is -2.36. The van der Waals surface area contributed by atoms with Crippen LogP contribution in [0.4, 0.5) is 13.2 Å². The molecule has 0 saturated carbocycles. The van der Waals surface area contributed by atoms with E-state index in [1.807, 2.05) is 19.1 Å². The van der Waals surface area contributed by atoms with Gasteiger partial charge in [0.2, 0.25) is 5.91 Å². The van der Waals surface area contributed by atoms with E-state index in [1.54, 1.807) is 12.1 Å². The van der Waals surface area contributed by atoms with Gasteiger partial charge < -0.3 is 15.8 Å². The van der Waals surface area contributed by atoms with Crippen molar-refractivity contribution in [2.24, 2.45) is 5.73 Å². The minimum atomic E-state index is -4.36. The Hall–Kier alpha value is -1.60. The third-order valence-corrected chi connectivity index (χ3v) is 2.53. The highest BCUT2D eigenvalue weighted by atomic mass is 19.4. The van der Waals surface area contributed by atoms with Crippen LogP contribution in [0.3, 0.4) is 0 Å². The van der Waals surface area contributed by atoms with Crippen molar-refractivity contribution >= 4 is 5.91 Å². The number of rotatable bonds is 6. The molecule has 0 fully saturated rings.